The first kappa shape index (κ1) is 14.6. The summed E-state index contributed by atoms with van der Waals surface area (Å²) in [7, 11) is 0. The van der Waals surface area contributed by atoms with Crippen LogP contribution >= 0.6 is 15.9 Å². The van der Waals surface area contributed by atoms with Gasteiger partial charge in [-0.05, 0) is 35.4 Å². The van der Waals surface area contributed by atoms with Gasteiger partial charge in [0.25, 0.3) is 0 Å². The fraction of sp³-hybridized carbons (Fsp3) is 0.0714. The largest absolute Gasteiger partial charge is 0.417 e. The molecular formula is C14H9BrF3NO. The maximum atomic E-state index is 12.8. The van der Waals surface area contributed by atoms with Crippen molar-refractivity contribution in [2.45, 2.75) is 6.18 Å². The van der Waals surface area contributed by atoms with Crippen LogP contribution < -0.4 is 5.73 Å². The number of halogens is 4. The number of carbonyl (C=O) groups is 1. The normalized spacial score (nSPS) is 11.4. The third-order valence-corrected chi connectivity index (χ3v) is 3.44. The predicted octanol–water partition coefficient (Wildman–Crippen LogP) is 4.23. The Labute approximate surface area is 121 Å². The molecule has 0 atom stereocenters. The van der Waals surface area contributed by atoms with Crippen LogP contribution in [0.2, 0.25) is 0 Å². The molecule has 0 fully saturated rings. The summed E-state index contributed by atoms with van der Waals surface area (Å²) < 4.78 is 38.5. The molecule has 0 aliphatic carbocycles. The number of carbonyl (C=O) groups excluding carboxylic acids is 1. The van der Waals surface area contributed by atoms with E-state index in [1.807, 2.05) is 0 Å². The van der Waals surface area contributed by atoms with Crippen molar-refractivity contribution < 1.29 is 18.0 Å². The highest BCUT2D eigenvalue weighted by Crippen LogP contribution is 2.37. The van der Waals surface area contributed by atoms with Gasteiger partial charge in [-0.15, -0.1) is 0 Å². The monoisotopic (exact) mass is 343 g/mol. The minimum atomic E-state index is -4.45. The number of hydrogen-bond donors (Lipinski definition) is 1. The van der Waals surface area contributed by atoms with E-state index in [9.17, 15) is 18.0 Å². The second-order valence-electron chi connectivity index (χ2n) is 4.14. The maximum absolute atomic E-state index is 12.8. The molecule has 20 heavy (non-hydrogen) atoms. The van der Waals surface area contributed by atoms with Crippen LogP contribution in [0.1, 0.15) is 15.9 Å². The lowest BCUT2D eigenvalue weighted by molar-refractivity contribution is -0.138. The molecule has 104 valence electrons. The molecule has 2 rings (SSSR count). The number of nitrogens with two attached hydrogens (primary N) is 1. The summed E-state index contributed by atoms with van der Waals surface area (Å²) in [6.45, 7) is 0. The lowest BCUT2D eigenvalue weighted by Gasteiger charge is -2.11. The van der Waals surface area contributed by atoms with E-state index in [1.54, 1.807) is 18.2 Å². The molecule has 0 heterocycles. The molecule has 0 aliphatic heterocycles. The second kappa shape index (κ2) is 5.28. The summed E-state index contributed by atoms with van der Waals surface area (Å²) in [6.07, 6.45) is -4.45. The van der Waals surface area contributed by atoms with Crippen molar-refractivity contribution in [2.75, 3.05) is 0 Å². The van der Waals surface area contributed by atoms with E-state index in [4.69, 9.17) is 5.73 Å². The van der Waals surface area contributed by atoms with Crippen molar-refractivity contribution in [1.29, 1.82) is 0 Å². The average molecular weight is 344 g/mol. The summed E-state index contributed by atoms with van der Waals surface area (Å²) in [6, 6.07) is 10.1. The lowest BCUT2D eigenvalue weighted by atomic mass is 10.0. The van der Waals surface area contributed by atoms with E-state index < -0.39 is 17.6 Å². The van der Waals surface area contributed by atoms with Gasteiger partial charge in [-0.3, -0.25) is 4.79 Å². The van der Waals surface area contributed by atoms with E-state index >= 15 is 0 Å². The molecule has 0 aromatic heterocycles. The van der Waals surface area contributed by atoms with Crippen LogP contribution in [0.25, 0.3) is 11.1 Å². The van der Waals surface area contributed by atoms with Crippen LogP contribution in [0.4, 0.5) is 13.2 Å². The molecule has 1 amide bonds. The molecular weight excluding hydrogens is 335 g/mol. The molecule has 0 aliphatic rings. The first-order valence-corrected chi connectivity index (χ1v) is 6.35. The molecule has 2 aromatic carbocycles. The highest BCUT2D eigenvalue weighted by molar-refractivity contribution is 9.10. The average Bonchev–Trinajstić information content (AvgIpc) is 2.38. The number of amides is 1. The highest BCUT2D eigenvalue weighted by Gasteiger charge is 2.33. The van der Waals surface area contributed by atoms with Crippen LogP contribution in [0.15, 0.2) is 46.9 Å². The summed E-state index contributed by atoms with van der Waals surface area (Å²) in [5.74, 6) is -0.625. The standard InChI is InChI=1S/C14H9BrF3NO/c15-12-5-4-9(7-11(12)14(16,17)18)8-2-1-3-10(6-8)13(19)20/h1-7H,(H2,19,20). The molecule has 0 saturated carbocycles. The Hall–Kier alpha value is -1.82. The first-order valence-electron chi connectivity index (χ1n) is 5.56. The zero-order valence-corrected chi connectivity index (χ0v) is 11.6. The molecule has 2 aromatic rings. The quantitative estimate of drug-likeness (QED) is 0.870. The Kier molecular flexibility index (Phi) is 3.85. The minimum absolute atomic E-state index is 0.0280. The summed E-state index contributed by atoms with van der Waals surface area (Å²) in [5.41, 5.74) is 5.51. The van der Waals surface area contributed by atoms with E-state index in [2.05, 4.69) is 15.9 Å². The van der Waals surface area contributed by atoms with Gasteiger partial charge in [0.2, 0.25) is 5.91 Å². The summed E-state index contributed by atoms with van der Waals surface area (Å²) >= 11 is 2.88. The Bertz CT molecular complexity index is 668. The van der Waals surface area contributed by atoms with Gasteiger partial charge in [-0.1, -0.05) is 34.1 Å². The highest BCUT2D eigenvalue weighted by atomic mass is 79.9. The van der Waals surface area contributed by atoms with Crippen LogP contribution in [-0.4, -0.2) is 5.91 Å². The fourth-order valence-electron chi connectivity index (χ4n) is 1.77. The smallest absolute Gasteiger partial charge is 0.366 e. The van der Waals surface area contributed by atoms with Crippen LogP contribution in [0.5, 0.6) is 0 Å². The predicted molar refractivity (Wildman–Crippen MR) is 73.1 cm³/mol. The number of benzene rings is 2. The lowest BCUT2D eigenvalue weighted by Crippen LogP contribution is -2.10. The molecule has 0 radical (unpaired) electrons. The van der Waals surface area contributed by atoms with Gasteiger partial charge >= 0.3 is 6.18 Å². The zero-order valence-electron chi connectivity index (χ0n) is 10.0. The van der Waals surface area contributed by atoms with Crippen molar-refractivity contribution in [3.63, 3.8) is 0 Å². The van der Waals surface area contributed by atoms with Crippen molar-refractivity contribution in [1.82, 2.24) is 0 Å². The van der Waals surface area contributed by atoms with Crippen molar-refractivity contribution >= 4 is 21.8 Å². The Morgan fingerprint density at radius 3 is 2.30 bits per heavy atom. The SMILES string of the molecule is NC(=O)c1cccc(-c2ccc(Br)c(C(F)(F)F)c2)c1. The van der Waals surface area contributed by atoms with Gasteiger partial charge in [0.15, 0.2) is 0 Å². The minimum Gasteiger partial charge on any atom is -0.366 e. The first-order chi connectivity index (χ1) is 9.29. The van der Waals surface area contributed by atoms with Gasteiger partial charge in [0.1, 0.15) is 0 Å². The van der Waals surface area contributed by atoms with Gasteiger partial charge in [-0.25, -0.2) is 0 Å². The molecule has 0 saturated heterocycles. The number of alkyl halides is 3. The van der Waals surface area contributed by atoms with E-state index in [1.165, 1.54) is 18.2 Å². The maximum Gasteiger partial charge on any atom is 0.417 e. The third-order valence-electron chi connectivity index (χ3n) is 2.75. The number of hydrogen-bond acceptors (Lipinski definition) is 1. The fourth-order valence-corrected chi connectivity index (χ4v) is 2.25. The van der Waals surface area contributed by atoms with Crippen LogP contribution in [0, 0.1) is 0 Å². The van der Waals surface area contributed by atoms with E-state index in [0.29, 0.717) is 11.1 Å². The van der Waals surface area contributed by atoms with E-state index in [0.717, 1.165) is 6.07 Å². The topological polar surface area (TPSA) is 43.1 Å². The molecule has 0 spiro atoms. The Morgan fingerprint density at radius 2 is 1.70 bits per heavy atom. The van der Waals surface area contributed by atoms with Crippen molar-refractivity contribution in [3.8, 4) is 11.1 Å². The summed E-state index contributed by atoms with van der Waals surface area (Å²) in [5, 5.41) is 0. The van der Waals surface area contributed by atoms with Crippen LogP contribution in [-0.2, 0) is 6.18 Å². The number of primary amides is 1. The molecule has 2 nitrogen and oxygen atoms in total. The Balaban J connectivity index is 2.54. The second-order valence-corrected chi connectivity index (χ2v) is 4.99. The number of rotatable bonds is 2. The van der Waals surface area contributed by atoms with Crippen molar-refractivity contribution in [2.24, 2.45) is 5.73 Å². The van der Waals surface area contributed by atoms with E-state index in [-0.39, 0.29) is 10.0 Å². The molecule has 2 N–H and O–H groups in total. The zero-order chi connectivity index (χ0) is 14.9. The molecule has 6 heteroatoms. The van der Waals surface area contributed by atoms with Gasteiger partial charge in [-0.2, -0.15) is 13.2 Å². The van der Waals surface area contributed by atoms with Gasteiger partial charge in [0, 0.05) is 10.0 Å². The van der Waals surface area contributed by atoms with Crippen molar-refractivity contribution in [3.05, 3.63) is 58.1 Å². The molecule has 0 unspecified atom stereocenters. The Morgan fingerprint density at radius 1 is 1.05 bits per heavy atom. The van der Waals surface area contributed by atoms with Gasteiger partial charge < -0.3 is 5.73 Å². The van der Waals surface area contributed by atoms with Crippen LogP contribution in [0.3, 0.4) is 0 Å². The summed E-state index contributed by atoms with van der Waals surface area (Å²) in [4.78, 5) is 11.1. The third kappa shape index (κ3) is 3.01. The molecule has 0 bridgehead atoms. The van der Waals surface area contributed by atoms with Gasteiger partial charge in [0.05, 0.1) is 5.56 Å².